The number of nitriles is 1. The molecule has 1 aromatic heterocycles. The van der Waals surface area contributed by atoms with Crippen molar-refractivity contribution in [3.05, 3.63) is 71.4 Å². The topological polar surface area (TPSA) is 78.6 Å². The van der Waals surface area contributed by atoms with Crippen LogP contribution in [0.4, 0.5) is 0 Å². The highest BCUT2D eigenvalue weighted by Gasteiger charge is 2.35. The molecule has 3 aromatic rings. The highest BCUT2D eigenvalue weighted by atomic mass is 32.2. The zero-order valence-electron chi connectivity index (χ0n) is 19.9. The van der Waals surface area contributed by atoms with Crippen LogP contribution in [0.2, 0.25) is 0 Å². The minimum absolute atomic E-state index is 0.389. The Morgan fingerprint density at radius 1 is 1.12 bits per heavy atom. The quantitative estimate of drug-likeness (QED) is 0.440. The van der Waals surface area contributed by atoms with Crippen LogP contribution in [0.15, 0.2) is 54.7 Å². The number of ether oxygens (including phenoxy) is 1. The minimum atomic E-state index is -3.72. The van der Waals surface area contributed by atoms with E-state index in [0.717, 1.165) is 47.8 Å². The SMILES string of the molecule is CN(C)CCc1cn(COCc2ccccc2)c2ccc(C(C#N)S(=O)(=O)N3CCCC3)cc12. The van der Waals surface area contributed by atoms with Crippen molar-refractivity contribution in [1.29, 1.82) is 5.26 Å². The van der Waals surface area contributed by atoms with Crippen molar-refractivity contribution in [1.82, 2.24) is 13.8 Å². The molecule has 0 radical (unpaired) electrons. The molecule has 4 rings (SSSR count). The van der Waals surface area contributed by atoms with Gasteiger partial charge in [0.15, 0.2) is 5.25 Å². The van der Waals surface area contributed by atoms with Gasteiger partial charge in [0.1, 0.15) is 6.73 Å². The molecule has 0 amide bonds. The fourth-order valence-corrected chi connectivity index (χ4v) is 6.13. The van der Waals surface area contributed by atoms with Gasteiger partial charge in [-0.05, 0) is 62.2 Å². The number of rotatable bonds is 10. The number of nitrogens with zero attached hydrogens (tertiary/aromatic N) is 4. The lowest BCUT2D eigenvalue weighted by molar-refractivity contribution is 0.0667. The number of hydrogen-bond acceptors (Lipinski definition) is 5. The van der Waals surface area contributed by atoms with Crippen molar-refractivity contribution < 1.29 is 13.2 Å². The maximum absolute atomic E-state index is 13.2. The van der Waals surface area contributed by atoms with Gasteiger partial charge in [-0.25, -0.2) is 12.7 Å². The smallest absolute Gasteiger partial charge is 0.234 e. The predicted molar refractivity (Wildman–Crippen MR) is 134 cm³/mol. The lowest BCUT2D eigenvalue weighted by atomic mass is 10.1. The molecule has 1 saturated heterocycles. The third-order valence-electron chi connectivity index (χ3n) is 6.30. The van der Waals surface area contributed by atoms with Crippen LogP contribution in [0.5, 0.6) is 0 Å². The normalized spacial score (nSPS) is 15.7. The number of sulfonamides is 1. The summed E-state index contributed by atoms with van der Waals surface area (Å²) in [6, 6.07) is 17.7. The van der Waals surface area contributed by atoms with E-state index in [9.17, 15) is 13.7 Å². The molecule has 0 spiro atoms. The molecule has 1 aliphatic heterocycles. The number of fused-ring (bicyclic) bond motifs is 1. The van der Waals surface area contributed by atoms with Crippen molar-refractivity contribution in [2.45, 2.75) is 37.9 Å². The summed E-state index contributed by atoms with van der Waals surface area (Å²) in [6.45, 7) is 2.75. The monoisotopic (exact) mass is 480 g/mol. The number of likely N-dealkylation sites (N-methyl/N-ethyl adjacent to an activating group) is 1. The fourth-order valence-electron chi connectivity index (χ4n) is 4.44. The first-order valence-corrected chi connectivity index (χ1v) is 13.2. The van der Waals surface area contributed by atoms with E-state index in [1.54, 1.807) is 6.07 Å². The third-order valence-corrected chi connectivity index (χ3v) is 8.36. The van der Waals surface area contributed by atoms with E-state index in [-0.39, 0.29) is 0 Å². The number of hydrogen-bond donors (Lipinski definition) is 0. The first-order valence-electron chi connectivity index (χ1n) is 11.7. The summed E-state index contributed by atoms with van der Waals surface area (Å²) in [4.78, 5) is 2.12. The highest BCUT2D eigenvalue weighted by molar-refractivity contribution is 7.89. The van der Waals surface area contributed by atoms with Gasteiger partial charge in [0.25, 0.3) is 0 Å². The molecule has 1 unspecified atom stereocenters. The molecule has 180 valence electrons. The lowest BCUT2D eigenvalue weighted by Gasteiger charge is -2.20. The van der Waals surface area contributed by atoms with Gasteiger partial charge in [-0.2, -0.15) is 5.26 Å². The second-order valence-electron chi connectivity index (χ2n) is 9.08. The Kier molecular flexibility index (Phi) is 7.69. The van der Waals surface area contributed by atoms with Crippen LogP contribution < -0.4 is 0 Å². The molecule has 0 bridgehead atoms. The van der Waals surface area contributed by atoms with E-state index in [4.69, 9.17) is 4.74 Å². The molecule has 1 aliphatic rings. The van der Waals surface area contributed by atoms with Gasteiger partial charge in [0, 0.05) is 31.2 Å². The molecule has 1 fully saturated rings. The molecule has 2 heterocycles. The summed E-state index contributed by atoms with van der Waals surface area (Å²) in [5, 5.41) is 9.61. The highest BCUT2D eigenvalue weighted by Crippen LogP contribution is 2.32. The Labute approximate surface area is 202 Å². The van der Waals surface area contributed by atoms with Gasteiger partial charge in [0.2, 0.25) is 10.0 Å². The van der Waals surface area contributed by atoms with Gasteiger partial charge >= 0.3 is 0 Å². The van der Waals surface area contributed by atoms with Crippen LogP contribution in [0.3, 0.4) is 0 Å². The van der Waals surface area contributed by atoms with Crippen LogP contribution >= 0.6 is 0 Å². The molecule has 2 aromatic carbocycles. The van der Waals surface area contributed by atoms with Crippen LogP contribution in [-0.4, -0.2) is 55.9 Å². The first kappa shape index (κ1) is 24.4. The first-order chi connectivity index (χ1) is 16.4. The van der Waals surface area contributed by atoms with Crippen molar-refractivity contribution in [3.63, 3.8) is 0 Å². The van der Waals surface area contributed by atoms with Crippen molar-refractivity contribution in [2.24, 2.45) is 0 Å². The van der Waals surface area contributed by atoms with E-state index < -0.39 is 15.3 Å². The second-order valence-corrected chi connectivity index (χ2v) is 11.1. The van der Waals surface area contributed by atoms with E-state index in [2.05, 4.69) is 21.7 Å². The molecule has 1 atom stereocenters. The summed E-state index contributed by atoms with van der Waals surface area (Å²) in [5.74, 6) is 0. The van der Waals surface area contributed by atoms with Gasteiger partial charge < -0.3 is 14.2 Å². The zero-order chi connectivity index (χ0) is 24.1. The standard InChI is InChI=1S/C26H32N4O3S/c1-28(2)15-12-23-18-29(20-33-19-21-8-4-3-5-9-21)25-11-10-22(16-24(23)25)26(17-27)34(31,32)30-13-6-7-14-30/h3-5,8-11,16,18,26H,6-7,12-15,19-20H2,1-2H3. The molecule has 0 saturated carbocycles. The molecular weight excluding hydrogens is 448 g/mol. The van der Waals surface area contributed by atoms with Gasteiger partial charge in [0.05, 0.1) is 18.2 Å². The Bertz CT molecular complexity index is 1260. The maximum Gasteiger partial charge on any atom is 0.234 e. The second kappa shape index (κ2) is 10.7. The van der Waals surface area contributed by atoms with E-state index >= 15 is 0 Å². The Balaban J connectivity index is 1.64. The van der Waals surface area contributed by atoms with E-state index in [1.165, 1.54) is 4.31 Å². The van der Waals surface area contributed by atoms with Gasteiger partial charge in [-0.1, -0.05) is 36.4 Å². The average molecular weight is 481 g/mol. The molecule has 8 heteroatoms. The Morgan fingerprint density at radius 3 is 2.53 bits per heavy atom. The van der Waals surface area contributed by atoms with Crippen LogP contribution in [0.25, 0.3) is 10.9 Å². The number of aromatic nitrogens is 1. The third kappa shape index (κ3) is 5.34. The summed E-state index contributed by atoms with van der Waals surface area (Å²) in [5.41, 5.74) is 3.72. The lowest BCUT2D eigenvalue weighted by Crippen LogP contribution is -2.32. The minimum Gasteiger partial charge on any atom is -0.356 e. The van der Waals surface area contributed by atoms with Crippen LogP contribution in [-0.2, 0) is 34.5 Å². The molecule has 7 nitrogen and oxygen atoms in total. The Morgan fingerprint density at radius 2 is 1.85 bits per heavy atom. The largest absolute Gasteiger partial charge is 0.356 e. The van der Waals surface area contributed by atoms with Crippen molar-refractivity contribution >= 4 is 20.9 Å². The maximum atomic E-state index is 13.2. The van der Waals surface area contributed by atoms with Gasteiger partial charge in [-0.3, -0.25) is 0 Å². The van der Waals surface area contributed by atoms with E-state index in [1.807, 2.05) is 56.6 Å². The summed E-state index contributed by atoms with van der Waals surface area (Å²) in [6.07, 6.45) is 4.59. The molecular formula is C26H32N4O3S. The van der Waals surface area contributed by atoms with E-state index in [0.29, 0.717) is 32.0 Å². The average Bonchev–Trinajstić information content (AvgIpc) is 3.48. The summed E-state index contributed by atoms with van der Waals surface area (Å²) >= 11 is 0. The summed E-state index contributed by atoms with van der Waals surface area (Å²) < 4.78 is 35.8. The fraction of sp³-hybridized carbons (Fsp3) is 0.423. The van der Waals surface area contributed by atoms with Crippen LogP contribution in [0.1, 0.15) is 34.8 Å². The Hall–Kier alpha value is -2.70. The summed E-state index contributed by atoms with van der Waals surface area (Å²) in [7, 11) is 0.343. The van der Waals surface area contributed by atoms with Crippen LogP contribution in [0, 0.1) is 11.3 Å². The van der Waals surface area contributed by atoms with Gasteiger partial charge in [-0.15, -0.1) is 0 Å². The zero-order valence-corrected chi connectivity index (χ0v) is 20.7. The van der Waals surface area contributed by atoms with Crippen molar-refractivity contribution in [3.8, 4) is 6.07 Å². The predicted octanol–water partition coefficient (Wildman–Crippen LogP) is 3.91. The molecule has 0 aliphatic carbocycles. The molecule has 34 heavy (non-hydrogen) atoms. The molecule has 0 N–H and O–H groups in total. The number of benzene rings is 2. The van der Waals surface area contributed by atoms with Crippen molar-refractivity contribution in [2.75, 3.05) is 33.7 Å².